The maximum atomic E-state index is 12.0. The molecule has 104 valence electrons. The zero-order chi connectivity index (χ0) is 14.0. The van der Waals surface area contributed by atoms with E-state index < -0.39 is 17.2 Å². The van der Waals surface area contributed by atoms with Gasteiger partial charge in [-0.2, -0.15) is 0 Å². The number of carboxylic acids is 1. The molecule has 0 saturated carbocycles. The molecule has 0 aromatic carbocycles. The number of ether oxygens (including phenoxy) is 1. The van der Waals surface area contributed by atoms with Crippen LogP contribution in [-0.2, 0) is 18.3 Å². The summed E-state index contributed by atoms with van der Waals surface area (Å²) in [6, 6.07) is 0. The molecular formula is C11H15N3O5. The molecule has 0 amide bonds. The van der Waals surface area contributed by atoms with E-state index in [0.29, 0.717) is 26.3 Å². The lowest BCUT2D eigenvalue weighted by Gasteiger charge is -2.26. The van der Waals surface area contributed by atoms with Gasteiger partial charge in [0.05, 0.1) is 18.8 Å². The van der Waals surface area contributed by atoms with Crippen LogP contribution >= 0.6 is 0 Å². The first kappa shape index (κ1) is 13.5. The van der Waals surface area contributed by atoms with E-state index in [1.807, 2.05) is 4.90 Å². The lowest BCUT2D eigenvalue weighted by atomic mass is 10.2. The Labute approximate surface area is 108 Å². The van der Waals surface area contributed by atoms with Gasteiger partial charge in [0.1, 0.15) is 5.69 Å². The van der Waals surface area contributed by atoms with Crippen molar-refractivity contribution in [2.75, 3.05) is 26.3 Å². The number of aromatic carboxylic acids is 1. The van der Waals surface area contributed by atoms with Crippen LogP contribution in [-0.4, -0.2) is 51.8 Å². The molecule has 0 bridgehead atoms. The van der Waals surface area contributed by atoms with Crippen molar-refractivity contribution in [3.05, 3.63) is 32.1 Å². The van der Waals surface area contributed by atoms with E-state index in [0.717, 1.165) is 4.57 Å². The van der Waals surface area contributed by atoms with E-state index in [2.05, 4.69) is 4.98 Å². The summed E-state index contributed by atoms with van der Waals surface area (Å²) in [4.78, 5) is 38.7. The van der Waals surface area contributed by atoms with Crippen molar-refractivity contribution >= 4 is 5.97 Å². The van der Waals surface area contributed by atoms with Crippen molar-refractivity contribution in [3.63, 3.8) is 0 Å². The highest BCUT2D eigenvalue weighted by molar-refractivity contribution is 5.86. The van der Waals surface area contributed by atoms with Crippen molar-refractivity contribution in [3.8, 4) is 0 Å². The molecule has 2 heterocycles. The third-order valence-electron chi connectivity index (χ3n) is 3.10. The van der Waals surface area contributed by atoms with Gasteiger partial charge in [-0.15, -0.1) is 0 Å². The summed E-state index contributed by atoms with van der Waals surface area (Å²) >= 11 is 0. The van der Waals surface area contributed by atoms with Gasteiger partial charge in [0.15, 0.2) is 0 Å². The SMILES string of the molecule is Cn1c(=O)[nH]c(C(=O)O)c(CN2CCOCC2)c1=O. The molecule has 1 aromatic rings. The van der Waals surface area contributed by atoms with Crippen molar-refractivity contribution in [1.29, 1.82) is 0 Å². The van der Waals surface area contributed by atoms with Crippen LogP contribution in [0, 0.1) is 0 Å². The first-order valence-corrected chi connectivity index (χ1v) is 5.86. The molecule has 2 N–H and O–H groups in total. The Morgan fingerprint density at radius 2 is 2.00 bits per heavy atom. The van der Waals surface area contributed by atoms with Crippen LogP contribution in [0.2, 0.25) is 0 Å². The number of nitrogens with one attached hydrogen (secondary N) is 1. The van der Waals surface area contributed by atoms with E-state index >= 15 is 0 Å². The maximum absolute atomic E-state index is 12.0. The smallest absolute Gasteiger partial charge is 0.352 e. The monoisotopic (exact) mass is 269 g/mol. The quantitative estimate of drug-likeness (QED) is 0.699. The number of hydrogen-bond acceptors (Lipinski definition) is 5. The minimum Gasteiger partial charge on any atom is -0.477 e. The summed E-state index contributed by atoms with van der Waals surface area (Å²) in [6.45, 7) is 2.54. The standard InChI is InChI=1S/C11H15N3O5/c1-13-9(15)7(6-14-2-4-19-5-3-14)8(10(16)17)12-11(13)18/h2-6H2,1H3,(H,12,18)(H,16,17). The Morgan fingerprint density at radius 3 is 2.58 bits per heavy atom. The first-order chi connectivity index (χ1) is 9.00. The summed E-state index contributed by atoms with van der Waals surface area (Å²) in [6.07, 6.45) is 0. The van der Waals surface area contributed by atoms with Gasteiger partial charge in [0.2, 0.25) is 0 Å². The van der Waals surface area contributed by atoms with E-state index in [1.165, 1.54) is 7.05 Å². The second-order valence-corrected chi connectivity index (χ2v) is 4.34. The highest BCUT2D eigenvalue weighted by Gasteiger charge is 2.21. The molecule has 1 aliphatic heterocycles. The number of aromatic nitrogens is 2. The topological polar surface area (TPSA) is 105 Å². The van der Waals surface area contributed by atoms with Crippen LogP contribution in [0.15, 0.2) is 9.59 Å². The Bertz CT molecular complexity index is 597. The number of carboxylic acid groups (broad SMARTS) is 1. The van der Waals surface area contributed by atoms with Gasteiger partial charge in [0, 0.05) is 26.7 Å². The van der Waals surface area contributed by atoms with Crippen LogP contribution in [0.4, 0.5) is 0 Å². The van der Waals surface area contributed by atoms with Gasteiger partial charge in [-0.25, -0.2) is 9.59 Å². The number of aromatic amines is 1. The number of morpholine rings is 1. The molecule has 1 saturated heterocycles. The van der Waals surface area contributed by atoms with Gasteiger partial charge in [-0.3, -0.25) is 14.3 Å². The van der Waals surface area contributed by atoms with Gasteiger partial charge < -0.3 is 14.8 Å². The molecule has 1 aromatic heterocycles. The summed E-state index contributed by atoms with van der Waals surface area (Å²) in [5.41, 5.74) is -1.54. The van der Waals surface area contributed by atoms with E-state index in [-0.39, 0.29) is 17.8 Å². The summed E-state index contributed by atoms with van der Waals surface area (Å²) in [5.74, 6) is -1.31. The Hall–Kier alpha value is -1.93. The Kier molecular flexibility index (Phi) is 3.82. The van der Waals surface area contributed by atoms with E-state index in [4.69, 9.17) is 9.84 Å². The molecule has 1 fully saturated rings. The highest BCUT2D eigenvalue weighted by Crippen LogP contribution is 2.06. The predicted octanol–water partition coefficient (Wildman–Crippen LogP) is -1.40. The second kappa shape index (κ2) is 5.37. The van der Waals surface area contributed by atoms with Crippen molar-refractivity contribution in [2.24, 2.45) is 7.05 Å². The third kappa shape index (κ3) is 2.74. The van der Waals surface area contributed by atoms with Crippen LogP contribution in [0.25, 0.3) is 0 Å². The lowest BCUT2D eigenvalue weighted by molar-refractivity contribution is 0.0336. The van der Waals surface area contributed by atoms with Gasteiger partial charge in [-0.05, 0) is 0 Å². The molecule has 8 nitrogen and oxygen atoms in total. The molecule has 0 spiro atoms. The van der Waals surface area contributed by atoms with Gasteiger partial charge in [-0.1, -0.05) is 0 Å². The van der Waals surface area contributed by atoms with E-state index in [1.54, 1.807) is 0 Å². The van der Waals surface area contributed by atoms with Crippen molar-refractivity contribution in [1.82, 2.24) is 14.5 Å². The summed E-state index contributed by atoms with van der Waals surface area (Å²) in [7, 11) is 1.32. The molecule has 19 heavy (non-hydrogen) atoms. The molecule has 0 atom stereocenters. The van der Waals surface area contributed by atoms with Crippen molar-refractivity contribution in [2.45, 2.75) is 6.54 Å². The molecule has 1 aliphatic rings. The second-order valence-electron chi connectivity index (χ2n) is 4.34. The van der Waals surface area contributed by atoms with E-state index in [9.17, 15) is 14.4 Å². The number of rotatable bonds is 3. The number of hydrogen-bond donors (Lipinski definition) is 2. The average molecular weight is 269 g/mol. The minimum absolute atomic E-state index is 0.0940. The zero-order valence-corrected chi connectivity index (χ0v) is 10.5. The Balaban J connectivity index is 2.42. The van der Waals surface area contributed by atoms with Crippen LogP contribution < -0.4 is 11.2 Å². The summed E-state index contributed by atoms with van der Waals surface area (Å²) < 4.78 is 6.07. The fourth-order valence-electron chi connectivity index (χ4n) is 1.98. The fraction of sp³-hybridized carbons (Fsp3) is 0.545. The molecular weight excluding hydrogens is 254 g/mol. The molecule has 0 aliphatic carbocycles. The van der Waals surface area contributed by atoms with Gasteiger partial charge >= 0.3 is 11.7 Å². The molecule has 0 unspecified atom stereocenters. The lowest BCUT2D eigenvalue weighted by Crippen LogP contribution is -2.42. The maximum Gasteiger partial charge on any atom is 0.352 e. The van der Waals surface area contributed by atoms with Gasteiger partial charge in [0.25, 0.3) is 5.56 Å². The third-order valence-corrected chi connectivity index (χ3v) is 3.10. The predicted molar refractivity (Wildman–Crippen MR) is 65.4 cm³/mol. The highest BCUT2D eigenvalue weighted by atomic mass is 16.5. The number of nitrogens with zero attached hydrogens (tertiary/aromatic N) is 2. The van der Waals surface area contributed by atoms with Crippen LogP contribution in [0.3, 0.4) is 0 Å². The summed E-state index contributed by atoms with van der Waals surface area (Å²) in [5, 5.41) is 9.07. The number of H-pyrrole nitrogens is 1. The fourth-order valence-corrected chi connectivity index (χ4v) is 1.98. The first-order valence-electron chi connectivity index (χ1n) is 5.86. The number of carbonyl (C=O) groups is 1. The minimum atomic E-state index is -1.31. The molecule has 2 rings (SSSR count). The van der Waals surface area contributed by atoms with Crippen LogP contribution in [0.1, 0.15) is 16.1 Å². The largest absolute Gasteiger partial charge is 0.477 e. The normalized spacial score (nSPS) is 16.5. The zero-order valence-electron chi connectivity index (χ0n) is 10.5. The Morgan fingerprint density at radius 1 is 1.37 bits per heavy atom. The van der Waals surface area contributed by atoms with Crippen LogP contribution in [0.5, 0.6) is 0 Å². The van der Waals surface area contributed by atoms with Crippen molar-refractivity contribution < 1.29 is 14.6 Å². The average Bonchev–Trinajstić information content (AvgIpc) is 2.40. The molecule has 8 heteroatoms. The molecule has 0 radical (unpaired) electrons.